The van der Waals surface area contributed by atoms with Gasteiger partial charge in [-0.3, -0.25) is 9.59 Å². The fraction of sp³-hybridized carbons (Fsp3) is 0.273. The number of hydrogen-bond acceptors (Lipinski definition) is 5. The molecule has 150 valence electrons. The van der Waals surface area contributed by atoms with Gasteiger partial charge in [-0.25, -0.2) is 9.48 Å². The van der Waals surface area contributed by atoms with Gasteiger partial charge in [-0.05, 0) is 37.5 Å². The third-order valence-electron chi connectivity index (χ3n) is 4.58. The van der Waals surface area contributed by atoms with Crippen molar-refractivity contribution in [3.8, 4) is 0 Å². The Bertz CT molecular complexity index is 1110. The van der Waals surface area contributed by atoms with Crippen LogP contribution in [0.5, 0.6) is 0 Å². The maximum absolute atomic E-state index is 12.6. The number of carbonyl (C=O) groups is 2. The van der Waals surface area contributed by atoms with Crippen LogP contribution in [0.25, 0.3) is 10.8 Å². The van der Waals surface area contributed by atoms with Gasteiger partial charge in [0.1, 0.15) is 0 Å². The number of anilines is 1. The highest BCUT2D eigenvalue weighted by Crippen LogP contribution is 2.19. The van der Waals surface area contributed by atoms with E-state index < -0.39 is 18.5 Å². The van der Waals surface area contributed by atoms with Crippen LogP contribution in [0.15, 0.2) is 47.3 Å². The van der Waals surface area contributed by atoms with Gasteiger partial charge in [0.2, 0.25) is 0 Å². The van der Waals surface area contributed by atoms with Crippen molar-refractivity contribution in [1.29, 1.82) is 0 Å². The Labute approximate surface area is 168 Å². The van der Waals surface area contributed by atoms with Gasteiger partial charge >= 0.3 is 5.97 Å². The van der Waals surface area contributed by atoms with Crippen LogP contribution in [0, 0.1) is 13.8 Å². The number of nitrogens with one attached hydrogen (secondary N) is 1. The largest absolute Gasteiger partial charge is 0.451 e. The number of ether oxygens (including phenoxy) is 1. The zero-order valence-corrected chi connectivity index (χ0v) is 16.7. The number of amides is 1. The van der Waals surface area contributed by atoms with E-state index >= 15 is 0 Å². The Morgan fingerprint density at radius 3 is 2.34 bits per heavy atom. The maximum Gasteiger partial charge on any atom is 0.359 e. The minimum Gasteiger partial charge on any atom is -0.451 e. The molecule has 0 aliphatic heterocycles. The number of aryl methyl sites for hydroxylation is 3. The number of para-hydroxylation sites is 1. The number of carbonyl (C=O) groups excluding carboxylic acids is 2. The van der Waals surface area contributed by atoms with Gasteiger partial charge < -0.3 is 10.1 Å². The zero-order chi connectivity index (χ0) is 21.0. The summed E-state index contributed by atoms with van der Waals surface area (Å²) in [4.78, 5) is 37.4. The number of nitrogens with zero attached hydrogens (tertiary/aromatic N) is 2. The van der Waals surface area contributed by atoms with Gasteiger partial charge in [0, 0.05) is 17.6 Å². The monoisotopic (exact) mass is 393 g/mol. The van der Waals surface area contributed by atoms with Crippen molar-refractivity contribution in [3.63, 3.8) is 0 Å². The van der Waals surface area contributed by atoms with Crippen LogP contribution in [0.3, 0.4) is 0 Å². The Kier molecular flexibility index (Phi) is 6.07. The summed E-state index contributed by atoms with van der Waals surface area (Å²) in [6.45, 7) is 5.63. The van der Waals surface area contributed by atoms with Crippen molar-refractivity contribution in [2.45, 2.75) is 33.7 Å². The number of rotatable bonds is 6. The fourth-order valence-electron chi connectivity index (χ4n) is 3.14. The summed E-state index contributed by atoms with van der Waals surface area (Å²) in [5.74, 6) is -1.19. The number of aromatic nitrogens is 2. The lowest BCUT2D eigenvalue weighted by Crippen LogP contribution is -2.27. The lowest BCUT2D eigenvalue weighted by atomic mass is 10.1. The van der Waals surface area contributed by atoms with Gasteiger partial charge in [-0.1, -0.05) is 43.3 Å². The van der Waals surface area contributed by atoms with E-state index in [1.807, 2.05) is 39.0 Å². The number of fused-ring (bicyclic) bond motifs is 1. The molecule has 1 N–H and O–H groups in total. The standard InChI is InChI=1S/C22H23N3O4/c1-4-12-25-21(27)17-11-6-5-10-16(17)20(24-25)22(28)29-13-18(26)23-19-14(2)8-7-9-15(19)3/h5-11H,4,12-13H2,1-3H3,(H,23,26). The van der Waals surface area contributed by atoms with Crippen molar-refractivity contribution in [3.05, 3.63) is 69.6 Å². The molecule has 0 saturated carbocycles. The third kappa shape index (κ3) is 4.34. The summed E-state index contributed by atoms with van der Waals surface area (Å²) in [6.07, 6.45) is 0.692. The first-order valence-electron chi connectivity index (χ1n) is 9.45. The molecule has 0 radical (unpaired) electrons. The van der Waals surface area contributed by atoms with Crippen molar-refractivity contribution in [1.82, 2.24) is 9.78 Å². The highest BCUT2D eigenvalue weighted by atomic mass is 16.5. The second-order valence-electron chi connectivity index (χ2n) is 6.81. The van der Waals surface area contributed by atoms with Crippen LogP contribution in [0.4, 0.5) is 5.69 Å². The molecule has 0 spiro atoms. The average molecular weight is 393 g/mol. The Balaban J connectivity index is 1.80. The Morgan fingerprint density at radius 2 is 1.69 bits per heavy atom. The molecule has 0 saturated heterocycles. The Morgan fingerprint density at radius 1 is 1.03 bits per heavy atom. The van der Waals surface area contributed by atoms with Crippen molar-refractivity contribution < 1.29 is 14.3 Å². The minimum atomic E-state index is -0.747. The highest BCUT2D eigenvalue weighted by molar-refractivity contribution is 6.03. The molecular formula is C22H23N3O4. The summed E-state index contributed by atoms with van der Waals surface area (Å²) in [6, 6.07) is 12.4. The lowest BCUT2D eigenvalue weighted by molar-refractivity contribution is -0.119. The van der Waals surface area contributed by atoms with E-state index in [9.17, 15) is 14.4 Å². The van der Waals surface area contributed by atoms with E-state index in [0.29, 0.717) is 29.4 Å². The molecule has 0 aliphatic carbocycles. The quantitative estimate of drug-likeness (QED) is 0.650. The molecule has 1 heterocycles. The topological polar surface area (TPSA) is 90.3 Å². The fourth-order valence-corrected chi connectivity index (χ4v) is 3.14. The molecule has 7 heteroatoms. The molecule has 29 heavy (non-hydrogen) atoms. The summed E-state index contributed by atoms with van der Waals surface area (Å²) in [5, 5.41) is 7.75. The molecule has 1 aromatic heterocycles. The summed E-state index contributed by atoms with van der Waals surface area (Å²) >= 11 is 0. The van der Waals surface area contributed by atoms with Crippen LogP contribution in [-0.2, 0) is 16.1 Å². The zero-order valence-electron chi connectivity index (χ0n) is 16.7. The van der Waals surface area contributed by atoms with Gasteiger partial charge in [-0.15, -0.1) is 0 Å². The summed E-state index contributed by atoms with van der Waals surface area (Å²) in [7, 11) is 0. The van der Waals surface area contributed by atoms with Crippen molar-refractivity contribution in [2.24, 2.45) is 0 Å². The molecule has 0 unspecified atom stereocenters. The SMILES string of the molecule is CCCn1nc(C(=O)OCC(=O)Nc2c(C)cccc2C)c2ccccc2c1=O. The molecule has 0 atom stereocenters. The van der Waals surface area contributed by atoms with Crippen LogP contribution in [0.2, 0.25) is 0 Å². The van der Waals surface area contributed by atoms with Gasteiger partial charge in [0.15, 0.2) is 12.3 Å². The second kappa shape index (κ2) is 8.68. The molecular weight excluding hydrogens is 370 g/mol. The highest BCUT2D eigenvalue weighted by Gasteiger charge is 2.19. The molecule has 7 nitrogen and oxygen atoms in total. The second-order valence-corrected chi connectivity index (χ2v) is 6.81. The smallest absolute Gasteiger partial charge is 0.359 e. The maximum atomic E-state index is 12.6. The molecule has 3 rings (SSSR count). The average Bonchev–Trinajstić information content (AvgIpc) is 2.71. The van der Waals surface area contributed by atoms with E-state index in [4.69, 9.17) is 4.74 Å². The first-order valence-corrected chi connectivity index (χ1v) is 9.45. The van der Waals surface area contributed by atoms with E-state index in [0.717, 1.165) is 11.1 Å². The van der Waals surface area contributed by atoms with E-state index in [1.54, 1.807) is 24.3 Å². The molecule has 0 bridgehead atoms. The summed E-state index contributed by atoms with van der Waals surface area (Å²) in [5.41, 5.74) is 2.31. The first-order chi connectivity index (χ1) is 13.9. The predicted octanol–water partition coefficient (Wildman–Crippen LogP) is 3.22. The molecule has 3 aromatic rings. The first kappa shape index (κ1) is 20.3. The van der Waals surface area contributed by atoms with E-state index in [1.165, 1.54) is 4.68 Å². The summed E-state index contributed by atoms with van der Waals surface area (Å²) < 4.78 is 6.45. The van der Waals surface area contributed by atoms with E-state index in [-0.39, 0.29) is 11.3 Å². The molecule has 0 aliphatic rings. The molecule has 1 amide bonds. The van der Waals surface area contributed by atoms with Crippen molar-refractivity contribution in [2.75, 3.05) is 11.9 Å². The van der Waals surface area contributed by atoms with Crippen LogP contribution in [0.1, 0.15) is 35.0 Å². The van der Waals surface area contributed by atoms with Crippen molar-refractivity contribution >= 4 is 28.3 Å². The van der Waals surface area contributed by atoms with Gasteiger partial charge in [0.25, 0.3) is 11.5 Å². The van der Waals surface area contributed by atoms with Crippen LogP contribution >= 0.6 is 0 Å². The Hall–Kier alpha value is -3.48. The normalized spacial score (nSPS) is 10.7. The van der Waals surface area contributed by atoms with Gasteiger partial charge in [0.05, 0.1) is 5.39 Å². The lowest BCUT2D eigenvalue weighted by Gasteiger charge is -2.12. The predicted molar refractivity (Wildman–Crippen MR) is 111 cm³/mol. The van der Waals surface area contributed by atoms with E-state index in [2.05, 4.69) is 10.4 Å². The molecule has 2 aromatic carbocycles. The number of esters is 1. The third-order valence-corrected chi connectivity index (χ3v) is 4.58. The minimum absolute atomic E-state index is 0.0218. The van der Waals surface area contributed by atoms with Gasteiger partial charge in [-0.2, -0.15) is 5.10 Å². The van der Waals surface area contributed by atoms with Crippen LogP contribution < -0.4 is 10.9 Å². The number of hydrogen-bond donors (Lipinski definition) is 1. The molecule has 0 fully saturated rings. The van der Waals surface area contributed by atoms with Crippen LogP contribution in [-0.4, -0.2) is 28.3 Å². The number of benzene rings is 2.